The van der Waals surface area contributed by atoms with E-state index in [4.69, 9.17) is 0 Å². The summed E-state index contributed by atoms with van der Waals surface area (Å²) in [7, 11) is 0. The van der Waals surface area contributed by atoms with Crippen LogP contribution < -0.4 is 10.6 Å². The Hall–Kier alpha value is 0.160. The molecule has 0 saturated carbocycles. The summed E-state index contributed by atoms with van der Waals surface area (Å²) in [4.78, 5) is 10.7. The second kappa shape index (κ2) is 4.12. The first kappa shape index (κ1) is 8.26. The lowest BCUT2D eigenvalue weighted by molar-refractivity contribution is -0.119. The van der Waals surface area contributed by atoms with E-state index in [1.165, 1.54) is 0 Å². The van der Waals surface area contributed by atoms with Gasteiger partial charge in [-0.2, -0.15) is 0 Å². The van der Waals surface area contributed by atoms with E-state index in [0.717, 1.165) is 17.5 Å². The highest BCUT2D eigenvalue weighted by Crippen LogP contribution is 2.04. The summed E-state index contributed by atoms with van der Waals surface area (Å²) >= 11 is 2.26. The molecule has 0 aromatic heterocycles. The molecule has 1 fully saturated rings. The molecule has 1 heterocycles. The molecule has 0 bridgehead atoms. The third-order valence-corrected chi connectivity index (χ3v) is 2.11. The summed E-state index contributed by atoms with van der Waals surface area (Å²) in [5, 5.41) is 6.07. The number of carbonyl (C=O) groups excluding carboxylic acids is 1. The quantitative estimate of drug-likeness (QED) is 0.430. The Morgan fingerprint density at radius 2 is 2.60 bits per heavy atom. The molecule has 1 aliphatic heterocycles. The molecule has 0 spiro atoms. The lowest BCUT2D eigenvalue weighted by Gasteiger charge is -2.08. The van der Waals surface area contributed by atoms with Gasteiger partial charge in [-0.3, -0.25) is 4.79 Å². The van der Waals surface area contributed by atoms with Gasteiger partial charge in [0.25, 0.3) is 0 Å². The first-order valence-electron chi connectivity index (χ1n) is 3.39. The molecule has 1 amide bonds. The van der Waals surface area contributed by atoms with E-state index in [0.29, 0.717) is 12.5 Å². The van der Waals surface area contributed by atoms with Crippen molar-refractivity contribution in [3.05, 3.63) is 0 Å². The highest BCUT2D eigenvalue weighted by atomic mass is 127. The fraction of sp³-hybridized carbons (Fsp3) is 0.833. The van der Waals surface area contributed by atoms with Gasteiger partial charge in [0, 0.05) is 23.6 Å². The maximum absolute atomic E-state index is 10.7. The zero-order valence-electron chi connectivity index (χ0n) is 5.69. The standard InChI is InChI=1S/C6H11IN2O/c7-4-8-3-5-1-2-6(10)9-5/h5,8H,1-4H2,(H,9,10)/t5-/m1/s1. The molecule has 0 aromatic rings. The molecule has 0 aliphatic carbocycles. The SMILES string of the molecule is O=C1CC[C@H](CNCI)N1. The van der Waals surface area contributed by atoms with Crippen LogP contribution in [0.3, 0.4) is 0 Å². The van der Waals surface area contributed by atoms with Crippen molar-refractivity contribution in [1.82, 2.24) is 10.6 Å². The minimum absolute atomic E-state index is 0.195. The second-order valence-electron chi connectivity index (χ2n) is 2.39. The number of alkyl halides is 1. The lowest BCUT2D eigenvalue weighted by Crippen LogP contribution is -2.34. The van der Waals surface area contributed by atoms with Gasteiger partial charge < -0.3 is 10.6 Å². The number of nitrogens with one attached hydrogen (secondary N) is 2. The highest BCUT2D eigenvalue weighted by molar-refractivity contribution is 14.1. The van der Waals surface area contributed by atoms with Crippen LogP contribution in [0.5, 0.6) is 0 Å². The van der Waals surface area contributed by atoms with Crippen molar-refractivity contribution in [2.45, 2.75) is 18.9 Å². The van der Waals surface area contributed by atoms with E-state index in [1.54, 1.807) is 0 Å². The van der Waals surface area contributed by atoms with Crippen LogP contribution in [0.25, 0.3) is 0 Å². The molecule has 0 unspecified atom stereocenters. The minimum Gasteiger partial charge on any atom is -0.352 e. The smallest absolute Gasteiger partial charge is 0.220 e. The van der Waals surface area contributed by atoms with Crippen LogP contribution in [-0.2, 0) is 4.79 Å². The molecule has 1 rings (SSSR count). The van der Waals surface area contributed by atoms with E-state index in [-0.39, 0.29) is 5.91 Å². The average Bonchev–Trinajstić information content (AvgIpc) is 2.31. The van der Waals surface area contributed by atoms with Gasteiger partial charge >= 0.3 is 0 Å². The first-order valence-corrected chi connectivity index (χ1v) is 4.91. The number of carbonyl (C=O) groups is 1. The molecule has 1 saturated heterocycles. The molecule has 3 nitrogen and oxygen atoms in total. The van der Waals surface area contributed by atoms with Crippen molar-refractivity contribution in [1.29, 1.82) is 0 Å². The molecule has 0 aromatic carbocycles. The van der Waals surface area contributed by atoms with Crippen LogP contribution in [0.15, 0.2) is 0 Å². The predicted octanol–water partition coefficient (Wildman–Crippen LogP) is 0.247. The van der Waals surface area contributed by atoms with Gasteiger partial charge in [0.05, 0.1) is 0 Å². The van der Waals surface area contributed by atoms with Crippen molar-refractivity contribution in [2.75, 3.05) is 11.1 Å². The molecule has 10 heavy (non-hydrogen) atoms. The Morgan fingerprint density at radius 3 is 3.10 bits per heavy atom. The molecule has 4 heteroatoms. The van der Waals surface area contributed by atoms with Crippen molar-refractivity contribution in [3.63, 3.8) is 0 Å². The fourth-order valence-electron chi connectivity index (χ4n) is 1.06. The maximum atomic E-state index is 10.7. The Balaban J connectivity index is 2.12. The average molecular weight is 254 g/mol. The largest absolute Gasteiger partial charge is 0.352 e. The number of hydrogen-bond donors (Lipinski definition) is 2. The van der Waals surface area contributed by atoms with Crippen molar-refractivity contribution < 1.29 is 4.79 Å². The Bertz CT molecular complexity index is 129. The van der Waals surface area contributed by atoms with Gasteiger partial charge in [-0.15, -0.1) is 0 Å². The fourth-order valence-corrected chi connectivity index (χ4v) is 1.37. The summed E-state index contributed by atoms with van der Waals surface area (Å²) in [6, 6.07) is 0.377. The molecular formula is C6H11IN2O. The Labute approximate surface area is 74.1 Å². The van der Waals surface area contributed by atoms with E-state index < -0.39 is 0 Å². The number of amides is 1. The van der Waals surface area contributed by atoms with Gasteiger partial charge in [-0.1, -0.05) is 22.6 Å². The van der Waals surface area contributed by atoms with Gasteiger partial charge in [0.2, 0.25) is 5.91 Å². The van der Waals surface area contributed by atoms with Crippen LogP contribution in [0.1, 0.15) is 12.8 Å². The van der Waals surface area contributed by atoms with Gasteiger partial charge in [-0.25, -0.2) is 0 Å². The molecule has 1 aliphatic rings. The summed E-state index contributed by atoms with van der Waals surface area (Å²) in [5.41, 5.74) is 0. The third kappa shape index (κ3) is 2.42. The van der Waals surface area contributed by atoms with Crippen LogP contribution in [0, 0.1) is 0 Å². The number of halogens is 1. The Kier molecular flexibility index (Phi) is 3.41. The first-order chi connectivity index (χ1) is 4.83. The van der Waals surface area contributed by atoms with Crippen LogP contribution >= 0.6 is 22.6 Å². The summed E-state index contributed by atoms with van der Waals surface area (Å²) < 4.78 is 0.949. The Morgan fingerprint density at radius 1 is 1.80 bits per heavy atom. The molecule has 58 valence electrons. The van der Waals surface area contributed by atoms with E-state index in [1.807, 2.05) is 0 Å². The van der Waals surface area contributed by atoms with E-state index in [2.05, 4.69) is 33.2 Å². The van der Waals surface area contributed by atoms with Crippen molar-refractivity contribution in [2.24, 2.45) is 0 Å². The minimum atomic E-state index is 0.195. The molecular weight excluding hydrogens is 243 g/mol. The lowest BCUT2D eigenvalue weighted by atomic mass is 10.2. The molecule has 0 radical (unpaired) electrons. The predicted molar refractivity (Wildman–Crippen MR) is 48.1 cm³/mol. The van der Waals surface area contributed by atoms with E-state index >= 15 is 0 Å². The van der Waals surface area contributed by atoms with Gasteiger partial charge in [0.15, 0.2) is 0 Å². The van der Waals surface area contributed by atoms with Crippen LogP contribution in [-0.4, -0.2) is 23.0 Å². The van der Waals surface area contributed by atoms with Crippen molar-refractivity contribution >= 4 is 28.5 Å². The number of rotatable bonds is 3. The highest BCUT2D eigenvalue weighted by Gasteiger charge is 2.19. The normalized spacial score (nSPS) is 24.9. The maximum Gasteiger partial charge on any atom is 0.220 e. The summed E-state index contributed by atoms with van der Waals surface area (Å²) in [6.45, 7) is 0.911. The topological polar surface area (TPSA) is 41.1 Å². The van der Waals surface area contributed by atoms with Crippen molar-refractivity contribution in [3.8, 4) is 0 Å². The third-order valence-electron chi connectivity index (χ3n) is 1.57. The number of hydrogen-bond acceptors (Lipinski definition) is 2. The van der Waals surface area contributed by atoms with Gasteiger partial charge in [-0.05, 0) is 6.42 Å². The summed E-state index contributed by atoms with van der Waals surface area (Å²) in [6.07, 6.45) is 1.69. The van der Waals surface area contributed by atoms with Crippen LogP contribution in [0.4, 0.5) is 0 Å². The van der Waals surface area contributed by atoms with E-state index in [9.17, 15) is 4.79 Å². The van der Waals surface area contributed by atoms with Crippen LogP contribution in [0.2, 0.25) is 0 Å². The monoisotopic (exact) mass is 254 g/mol. The molecule has 1 atom stereocenters. The summed E-state index contributed by atoms with van der Waals surface area (Å²) in [5.74, 6) is 0.195. The van der Waals surface area contributed by atoms with Gasteiger partial charge in [0.1, 0.15) is 0 Å². The second-order valence-corrected chi connectivity index (χ2v) is 3.15. The zero-order chi connectivity index (χ0) is 7.40. The zero-order valence-corrected chi connectivity index (χ0v) is 7.85. The molecule has 2 N–H and O–H groups in total.